The lowest BCUT2D eigenvalue weighted by Gasteiger charge is -2.11. The Kier molecular flexibility index (Phi) is 5.90. The maximum absolute atomic E-state index is 13.0. The van der Waals surface area contributed by atoms with Gasteiger partial charge in [-0.1, -0.05) is 18.2 Å². The molecule has 0 unspecified atom stereocenters. The maximum Gasteiger partial charge on any atom is 0.239 e. The van der Waals surface area contributed by atoms with Crippen LogP contribution in [0.1, 0.15) is 12.6 Å². The fourth-order valence-electron chi connectivity index (χ4n) is 2.25. The number of carbonyl (C=O) groups excluding carboxylic acids is 1. The molecule has 0 saturated heterocycles. The minimum Gasteiger partial charge on any atom is -0.325 e. The summed E-state index contributed by atoms with van der Waals surface area (Å²) in [5.41, 5.74) is 2.14. The molecule has 0 saturated carbocycles. The van der Waals surface area contributed by atoms with Crippen LogP contribution in [-0.4, -0.2) is 20.3 Å². The van der Waals surface area contributed by atoms with Gasteiger partial charge in [0.1, 0.15) is 16.1 Å². The van der Waals surface area contributed by atoms with Crippen LogP contribution >= 0.6 is 11.3 Å². The largest absolute Gasteiger partial charge is 0.325 e. The highest BCUT2D eigenvalue weighted by Crippen LogP contribution is 2.24. The molecular formula is C19H17FN2O2S2. The number of thiazole rings is 1. The number of nitrogens with one attached hydrogen (secondary N) is 1. The van der Waals surface area contributed by atoms with Gasteiger partial charge in [0, 0.05) is 27.4 Å². The van der Waals surface area contributed by atoms with Crippen LogP contribution in [0.15, 0.2) is 60.0 Å². The first-order valence-electron chi connectivity index (χ1n) is 7.96. The Labute approximate surface area is 157 Å². The van der Waals surface area contributed by atoms with Gasteiger partial charge >= 0.3 is 0 Å². The molecule has 0 aliphatic heterocycles. The van der Waals surface area contributed by atoms with E-state index in [2.05, 4.69) is 10.3 Å². The Morgan fingerprint density at radius 1 is 1.19 bits per heavy atom. The summed E-state index contributed by atoms with van der Waals surface area (Å²) in [4.78, 5) is 16.7. The van der Waals surface area contributed by atoms with Gasteiger partial charge in [0.05, 0.1) is 11.4 Å². The zero-order valence-corrected chi connectivity index (χ0v) is 15.6. The van der Waals surface area contributed by atoms with Gasteiger partial charge in [0.2, 0.25) is 5.91 Å². The Morgan fingerprint density at radius 3 is 2.58 bits per heavy atom. The summed E-state index contributed by atoms with van der Waals surface area (Å²) in [6, 6.07) is 15.1. The van der Waals surface area contributed by atoms with E-state index in [1.54, 1.807) is 31.2 Å². The number of hydrogen-bond acceptors (Lipinski definition) is 4. The lowest BCUT2D eigenvalue weighted by molar-refractivity contribution is -0.115. The first-order valence-corrected chi connectivity index (χ1v) is 10.2. The second-order valence-corrected chi connectivity index (χ2v) is 8.29. The summed E-state index contributed by atoms with van der Waals surface area (Å²) in [6.45, 7) is 1.64. The van der Waals surface area contributed by atoms with E-state index < -0.39 is 16.0 Å². The van der Waals surface area contributed by atoms with Crippen molar-refractivity contribution >= 4 is 33.7 Å². The molecule has 0 aliphatic carbocycles. The second kappa shape index (κ2) is 8.33. The molecule has 7 heteroatoms. The minimum absolute atomic E-state index is 0.196. The van der Waals surface area contributed by atoms with Gasteiger partial charge in [-0.2, -0.15) is 0 Å². The van der Waals surface area contributed by atoms with E-state index >= 15 is 0 Å². The van der Waals surface area contributed by atoms with E-state index in [4.69, 9.17) is 0 Å². The number of carbonyl (C=O) groups is 1. The topological polar surface area (TPSA) is 59.1 Å². The van der Waals surface area contributed by atoms with Crippen LogP contribution in [0.4, 0.5) is 10.1 Å². The normalized spacial score (nSPS) is 13.2. The predicted molar refractivity (Wildman–Crippen MR) is 104 cm³/mol. The van der Waals surface area contributed by atoms with Crippen LogP contribution < -0.4 is 5.32 Å². The van der Waals surface area contributed by atoms with Crippen LogP contribution in [-0.2, 0) is 21.3 Å². The zero-order valence-electron chi connectivity index (χ0n) is 14.0. The fourth-order valence-corrected chi connectivity index (χ4v) is 4.17. The summed E-state index contributed by atoms with van der Waals surface area (Å²) in [5.74, 6) is -0.394. The Morgan fingerprint density at radius 2 is 1.88 bits per heavy atom. The third-order valence-electron chi connectivity index (χ3n) is 3.74. The third-order valence-corrected chi connectivity index (χ3v) is 6.26. The smallest absolute Gasteiger partial charge is 0.239 e. The summed E-state index contributed by atoms with van der Waals surface area (Å²) in [5, 5.41) is 4.65. The van der Waals surface area contributed by atoms with Crippen molar-refractivity contribution in [1.29, 1.82) is 0 Å². The van der Waals surface area contributed by atoms with Crippen molar-refractivity contribution in [2.75, 3.05) is 5.32 Å². The first-order chi connectivity index (χ1) is 12.5. The number of anilines is 1. The molecule has 2 aromatic carbocycles. The summed E-state index contributed by atoms with van der Waals surface area (Å²) in [7, 11) is -1.39. The van der Waals surface area contributed by atoms with Crippen molar-refractivity contribution < 1.29 is 13.4 Å². The number of amides is 1. The molecule has 0 radical (unpaired) electrons. The molecule has 0 bridgehead atoms. The number of nitrogens with zero attached hydrogens (tertiary/aromatic N) is 1. The fraction of sp³-hybridized carbons (Fsp3) is 0.158. The minimum atomic E-state index is -1.39. The molecule has 4 nitrogen and oxygen atoms in total. The zero-order chi connectivity index (χ0) is 18.5. The molecule has 134 valence electrons. The van der Waals surface area contributed by atoms with Crippen LogP contribution in [0.25, 0.3) is 10.6 Å². The highest BCUT2D eigenvalue weighted by Gasteiger charge is 2.21. The third kappa shape index (κ3) is 4.62. The van der Waals surface area contributed by atoms with Crippen molar-refractivity contribution in [3.8, 4) is 10.6 Å². The van der Waals surface area contributed by atoms with E-state index in [0.717, 1.165) is 10.6 Å². The molecule has 1 amide bonds. The van der Waals surface area contributed by atoms with Gasteiger partial charge in [0.25, 0.3) is 0 Å². The Balaban J connectivity index is 1.62. The molecular weight excluding hydrogens is 371 g/mol. The number of para-hydroxylation sites is 1. The molecule has 1 heterocycles. The average Bonchev–Trinajstić information content (AvgIpc) is 3.11. The molecule has 26 heavy (non-hydrogen) atoms. The maximum atomic E-state index is 13.0. The molecule has 0 fully saturated rings. The number of rotatable bonds is 6. The first kappa shape index (κ1) is 18.4. The Hall–Kier alpha value is -2.38. The van der Waals surface area contributed by atoms with Gasteiger partial charge in [0.15, 0.2) is 0 Å². The summed E-state index contributed by atoms with van der Waals surface area (Å²) in [6.07, 6.45) is 0. The molecule has 1 aromatic heterocycles. The molecule has 0 spiro atoms. The number of aromatic nitrogens is 1. The molecule has 3 aromatic rings. The van der Waals surface area contributed by atoms with Gasteiger partial charge in [-0.15, -0.1) is 11.3 Å². The van der Waals surface area contributed by atoms with Gasteiger partial charge in [-0.25, -0.2) is 9.37 Å². The van der Waals surface area contributed by atoms with Crippen molar-refractivity contribution in [2.24, 2.45) is 0 Å². The number of halogens is 1. The number of benzene rings is 2. The SMILES string of the molecule is C[C@H](C(=O)Nc1ccccc1)[S@](=O)Cc1csc(-c2ccc(F)cc2)n1. The summed E-state index contributed by atoms with van der Waals surface area (Å²) < 4.78 is 25.5. The quantitative estimate of drug-likeness (QED) is 0.688. The lowest BCUT2D eigenvalue weighted by atomic mass is 10.2. The summed E-state index contributed by atoms with van der Waals surface area (Å²) >= 11 is 1.40. The molecule has 0 aliphatic rings. The van der Waals surface area contributed by atoms with E-state index in [0.29, 0.717) is 11.4 Å². The average molecular weight is 388 g/mol. The molecule has 3 rings (SSSR count). The highest BCUT2D eigenvalue weighted by atomic mass is 32.2. The van der Waals surface area contributed by atoms with E-state index in [1.165, 1.54) is 23.5 Å². The van der Waals surface area contributed by atoms with Crippen molar-refractivity contribution in [3.63, 3.8) is 0 Å². The van der Waals surface area contributed by atoms with Crippen LogP contribution in [0.5, 0.6) is 0 Å². The Bertz CT molecular complexity index is 911. The molecule has 2 atom stereocenters. The van der Waals surface area contributed by atoms with Crippen LogP contribution in [0, 0.1) is 5.82 Å². The van der Waals surface area contributed by atoms with Crippen molar-refractivity contribution in [3.05, 3.63) is 71.5 Å². The van der Waals surface area contributed by atoms with Crippen LogP contribution in [0.2, 0.25) is 0 Å². The molecule has 1 N–H and O–H groups in total. The van der Waals surface area contributed by atoms with E-state index in [-0.39, 0.29) is 17.5 Å². The van der Waals surface area contributed by atoms with E-state index in [1.807, 2.05) is 23.6 Å². The predicted octanol–water partition coefficient (Wildman–Crippen LogP) is 4.23. The van der Waals surface area contributed by atoms with E-state index in [9.17, 15) is 13.4 Å². The highest BCUT2D eigenvalue weighted by molar-refractivity contribution is 7.85. The van der Waals surface area contributed by atoms with Gasteiger partial charge in [-0.3, -0.25) is 9.00 Å². The number of hydrogen-bond donors (Lipinski definition) is 1. The van der Waals surface area contributed by atoms with Gasteiger partial charge in [-0.05, 0) is 43.3 Å². The second-order valence-electron chi connectivity index (χ2n) is 5.67. The van der Waals surface area contributed by atoms with Crippen molar-refractivity contribution in [2.45, 2.75) is 17.9 Å². The van der Waals surface area contributed by atoms with Gasteiger partial charge < -0.3 is 5.32 Å². The van der Waals surface area contributed by atoms with Crippen molar-refractivity contribution in [1.82, 2.24) is 4.98 Å². The lowest BCUT2D eigenvalue weighted by Crippen LogP contribution is -2.29. The monoisotopic (exact) mass is 388 g/mol. The standard InChI is InChI=1S/C19H17FN2O2S2/c1-13(18(23)21-16-5-3-2-4-6-16)26(24)12-17-11-25-19(22-17)14-7-9-15(20)10-8-14/h2-11,13H,12H2,1H3,(H,21,23)/t13-,26-/m1/s1. The van der Waals surface area contributed by atoms with Crippen LogP contribution in [0.3, 0.4) is 0 Å².